The topological polar surface area (TPSA) is 76.2 Å². The number of rotatable bonds is 9. The summed E-state index contributed by atoms with van der Waals surface area (Å²) in [6.45, 7) is 0.216. The molecule has 246 valence electrons. The third kappa shape index (κ3) is 8.60. The molecule has 2 aliphatic rings. The van der Waals surface area contributed by atoms with Gasteiger partial charge in [-0.15, -0.1) is 0 Å². The molecule has 2 aromatic rings. The van der Waals surface area contributed by atoms with E-state index < -0.39 is 53.8 Å². The molecule has 2 fully saturated rings. The zero-order chi connectivity index (χ0) is 33.1. The lowest BCUT2D eigenvalue weighted by Crippen LogP contribution is -2.71. The van der Waals surface area contributed by atoms with Crippen molar-refractivity contribution in [2.75, 3.05) is 33.7 Å². The first-order valence-corrected chi connectivity index (χ1v) is 14.7. The van der Waals surface area contributed by atoms with Crippen LogP contribution < -0.4 is 5.32 Å². The lowest BCUT2D eigenvalue weighted by Gasteiger charge is -2.52. The van der Waals surface area contributed by atoms with E-state index in [1.165, 1.54) is 9.80 Å². The van der Waals surface area contributed by atoms with Crippen molar-refractivity contribution in [1.29, 1.82) is 0 Å². The fourth-order valence-electron chi connectivity index (χ4n) is 5.66. The standard InChI is InChI=1S/C30H34ClF6N5O3/c1-39(2)10-4-3-8-24-27(44)40(17-19-6-5-7-23(31)14-19)18-25-41(11-9-26(43)42(24)25)28(45)38-16-20-12-21(29(32,33)34)15-22(13-20)30(35,36)37/h5-7,12-15,24-25H,3-4,8-11,16-18H2,1-2H3,(H,38,45)/t24-,25+/m0/s1. The number of amides is 4. The highest BCUT2D eigenvalue weighted by Crippen LogP contribution is 2.36. The monoisotopic (exact) mass is 661 g/mol. The number of alkyl halides is 6. The second kappa shape index (κ2) is 13.9. The molecule has 2 saturated heterocycles. The highest BCUT2D eigenvalue weighted by atomic mass is 35.5. The molecule has 8 nitrogen and oxygen atoms in total. The number of carbonyl (C=O) groups is 3. The van der Waals surface area contributed by atoms with Gasteiger partial charge in [0.15, 0.2) is 0 Å². The van der Waals surface area contributed by atoms with E-state index in [1.54, 1.807) is 29.2 Å². The third-order valence-electron chi connectivity index (χ3n) is 7.80. The molecule has 2 aromatic carbocycles. The highest BCUT2D eigenvalue weighted by molar-refractivity contribution is 6.30. The van der Waals surface area contributed by atoms with Gasteiger partial charge in [-0.2, -0.15) is 26.3 Å². The largest absolute Gasteiger partial charge is 0.416 e. The molecule has 0 bridgehead atoms. The van der Waals surface area contributed by atoms with Gasteiger partial charge in [-0.3, -0.25) is 9.59 Å². The first-order chi connectivity index (χ1) is 21.0. The Balaban J connectivity index is 1.58. The van der Waals surface area contributed by atoms with Crippen LogP contribution >= 0.6 is 11.6 Å². The molecular formula is C30H34ClF6N5O3. The van der Waals surface area contributed by atoms with Crippen LogP contribution in [0.4, 0.5) is 31.1 Å². The molecule has 45 heavy (non-hydrogen) atoms. The van der Waals surface area contributed by atoms with Crippen LogP contribution in [-0.4, -0.2) is 83.4 Å². The molecule has 1 N–H and O–H groups in total. The summed E-state index contributed by atoms with van der Waals surface area (Å²) >= 11 is 6.14. The number of fused-ring (bicyclic) bond motifs is 1. The Morgan fingerprint density at radius 1 is 0.978 bits per heavy atom. The Labute approximate surface area is 261 Å². The van der Waals surface area contributed by atoms with Crippen LogP contribution in [0.25, 0.3) is 0 Å². The van der Waals surface area contributed by atoms with E-state index in [9.17, 15) is 40.7 Å². The summed E-state index contributed by atoms with van der Waals surface area (Å²) in [7, 11) is 3.84. The zero-order valence-electron chi connectivity index (χ0n) is 24.7. The van der Waals surface area contributed by atoms with Crippen LogP contribution in [0, 0.1) is 0 Å². The molecule has 0 aliphatic carbocycles. The van der Waals surface area contributed by atoms with Crippen molar-refractivity contribution in [3.05, 3.63) is 69.7 Å². The van der Waals surface area contributed by atoms with E-state index in [0.29, 0.717) is 30.0 Å². The third-order valence-corrected chi connectivity index (χ3v) is 8.03. The molecule has 15 heteroatoms. The van der Waals surface area contributed by atoms with Gasteiger partial charge >= 0.3 is 18.4 Å². The number of nitrogens with one attached hydrogen (secondary N) is 1. The van der Waals surface area contributed by atoms with Crippen molar-refractivity contribution in [3.8, 4) is 0 Å². The van der Waals surface area contributed by atoms with Gasteiger partial charge in [0.2, 0.25) is 11.8 Å². The maximum atomic E-state index is 13.7. The fourth-order valence-corrected chi connectivity index (χ4v) is 5.87. The minimum Gasteiger partial charge on any atom is -0.334 e. The van der Waals surface area contributed by atoms with E-state index in [1.807, 2.05) is 19.0 Å². The summed E-state index contributed by atoms with van der Waals surface area (Å²) < 4.78 is 80.0. The van der Waals surface area contributed by atoms with Gasteiger partial charge in [-0.05, 0) is 81.4 Å². The van der Waals surface area contributed by atoms with Crippen LogP contribution in [0.2, 0.25) is 5.02 Å². The summed E-state index contributed by atoms with van der Waals surface area (Å²) in [5.41, 5.74) is -2.64. The zero-order valence-corrected chi connectivity index (χ0v) is 25.5. The average Bonchev–Trinajstić information content (AvgIpc) is 2.94. The Morgan fingerprint density at radius 3 is 2.24 bits per heavy atom. The summed E-state index contributed by atoms with van der Waals surface area (Å²) in [6, 6.07) is 6.40. The summed E-state index contributed by atoms with van der Waals surface area (Å²) in [4.78, 5) is 46.6. The molecule has 4 amide bonds. The molecule has 0 saturated carbocycles. The molecule has 2 heterocycles. The first kappa shape index (κ1) is 34.4. The molecule has 0 spiro atoms. The van der Waals surface area contributed by atoms with Crippen LogP contribution in [0.5, 0.6) is 0 Å². The minimum absolute atomic E-state index is 0.0195. The van der Waals surface area contributed by atoms with Crippen molar-refractivity contribution in [2.24, 2.45) is 0 Å². The molecular weight excluding hydrogens is 628 g/mol. The number of unbranched alkanes of at least 4 members (excludes halogenated alkanes) is 1. The van der Waals surface area contributed by atoms with Gasteiger partial charge < -0.3 is 24.9 Å². The molecule has 2 atom stereocenters. The number of halogens is 7. The summed E-state index contributed by atoms with van der Waals surface area (Å²) in [5.74, 6) is -0.597. The smallest absolute Gasteiger partial charge is 0.334 e. The molecule has 2 aliphatic heterocycles. The van der Waals surface area contributed by atoms with Crippen LogP contribution in [-0.2, 0) is 35.0 Å². The predicted octanol–water partition coefficient (Wildman–Crippen LogP) is 5.59. The molecule has 0 radical (unpaired) electrons. The number of urea groups is 1. The molecule has 0 aromatic heterocycles. The van der Waals surface area contributed by atoms with Gasteiger partial charge in [0, 0.05) is 31.1 Å². The van der Waals surface area contributed by atoms with Crippen LogP contribution in [0.1, 0.15) is 47.9 Å². The predicted molar refractivity (Wildman–Crippen MR) is 154 cm³/mol. The minimum atomic E-state index is -5.03. The molecule has 4 rings (SSSR count). The average molecular weight is 662 g/mol. The Morgan fingerprint density at radius 2 is 1.64 bits per heavy atom. The van der Waals surface area contributed by atoms with Gasteiger partial charge in [-0.1, -0.05) is 23.7 Å². The van der Waals surface area contributed by atoms with Crippen molar-refractivity contribution in [3.63, 3.8) is 0 Å². The number of benzene rings is 2. The maximum absolute atomic E-state index is 13.7. The van der Waals surface area contributed by atoms with Crippen LogP contribution in [0.15, 0.2) is 42.5 Å². The van der Waals surface area contributed by atoms with E-state index in [2.05, 4.69) is 5.32 Å². The normalized spacial score (nSPS) is 19.3. The van der Waals surface area contributed by atoms with Gasteiger partial charge in [0.05, 0.1) is 17.7 Å². The second-order valence-electron chi connectivity index (χ2n) is 11.5. The number of carbonyl (C=O) groups excluding carboxylic acids is 3. The van der Waals surface area contributed by atoms with E-state index in [-0.39, 0.29) is 43.9 Å². The highest BCUT2D eigenvalue weighted by Gasteiger charge is 2.48. The van der Waals surface area contributed by atoms with Crippen molar-refractivity contribution in [2.45, 2.75) is 63.3 Å². The Bertz CT molecular complexity index is 1370. The Kier molecular flexibility index (Phi) is 10.6. The number of nitrogens with zero attached hydrogens (tertiary/aromatic N) is 4. The maximum Gasteiger partial charge on any atom is 0.416 e. The van der Waals surface area contributed by atoms with Gasteiger partial charge in [0.1, 0.15) is 12.2 Å². The molecule has 0 unspecified atom stereocenters. The first-order valence-electron chi connectivity index (χ1n) is 14.4. The number of hydrogen-bond acceptors (Lipinski definition) is 4. The summed E-state index contributed by atoms with van der Waals surface area (Å²) in [5, 5.41) is 2.89. The van der Waals surface area contributed by atoms with E-state index in [4.69, 9.17) is 11.6 Å². The summed E-state index contributed by atoms with van der Waals surface area (Å²) in [6.07, 6.45) is -9.32. The Hall–Kier alpha value is -3.52. The SMILES string of the molecule is CN(C)CCCC[C@H]1C(=O)N(Cc2cccc(Cl)c2)C[C@@H]2N(C(=O)NCc3cc(C(F)(F)F)cc(C(F)(F)F)c3)CCC(=O)N21. The van der Waals surface area contributed by atoms with Crippen molar-refractivity contribution >= 4 is 29.4 Å². The second-order valence-corrected chi connectivity index (χ2v) is 11.9. The number of hydrogen-bond donors (Lipinski definition) is 1. The van der Waals surface area contributed by atoms with Crippen molar-refractivity contribution in [1.82, 2.24) is 24.9 Å². The quantitative estimate of drug-likeness (QED) is 0.281. The van der Waals surface area contributed by atoms with Crippen LogP contribution in [0.3, 0.4) is 0 Å². The fraction of sp³-hybridized carbons (Fsp3) is 0.500. The van der Waals surface area contributed by atoms with E-state index >= 15 is 0 Å². The lowest BCUT2D eigenvalue weighted by atomic mass is 9.98. The lowest BCUT2D eigenvalue weighted by molar-refractivity contribution is -0.167. The van der Waals surface area contributed by atoms with Gasteiger partial charge in [-0.25, -0.2) is 4.79 Å². The van der Waals surface area contributed by atoms with E-state index in [0.717, 1.165) is 18.5 Å². The van der Waals surface area contributed by atoms with Gasteiger partial charge in [0.25, 0.3) is 0 Å². The van der Waals surface area contributed by atoms with Crippen molar-refractivity contribution < 1.29 is 40.7 Å². The number of piperazine rings is 1.